The summed E-state index contributed by atoms with van der Waals surface area (Å²) < 4.78 is 13.8. The first-order valence-electron chi connectivity index (χ1n) is 7.12. The van der Waals surface area contributed by atoms with E-state index >= 15 is 0 Å². The van der Waals surface area contributed by atoms with Crippen molar-refractivity contribution in [3.8, 4) is 0 Å². The Morgan fingerprint density at radius 2 is 1.70 bits per heavy atom. The van der Waals surface area contributed by atoms with Crippen LogP contribution in [0.2, 0.25) is 0 Å². The molecule has 0 aromatic heterocycles. The lowest BCUT2D eigenvalue weighted by molar-refractivity contribution is 0.552. The van der Waals surface area contributed by atoms with Gasteiger partial charge in [0.2, 0.25) is 0 Å². The molecule has 1 fully saturated rings. The van der Waals surface area contributed by atoms with Gasteiger partial charge in [-0.05, 0) is 36.5 Å². The fourth-order valence-corrected chi connectivity index (χ4v) is 2.24. The van der Waals surface area contributed by atoms with Gasteiger partial charge in [-0.2, -0.15) is 0 Å². The summed E-state index contributed by atoms with van der Waals surface area (Å²) in [5.41, 5.74) is 1.65. The first-order chi connectivity index (χ1) is 9.83. The Labute approximate surface area is 119 Å². The molecule has 1 aliphatic carbocycles. The van der Waals surface area contributed by atoms with Gasteiger partial charge in [0.05, 0.1) is 5.69 Å². The highest BCUT2D eigenvalue weighted by molar-refractivity contribution is 5.46. The molecule has 3 rings (SSSR count). The van der Waals surface area contributed by atoms with E-state index in [4.69, 9.17) is 0 Å². The molecule has 3 heteroatoms. The van der Waals surface area contributed by atoms with Gasteiger partial charge in [0.15, 0.2) is 0 Å². The second-order valence-corrected chi connectivity index (χ2v) is 5.32. The minimum absolute atomic E-state index is 0.0614. The van der Waals surface area contributed by atoms with Crippen molar-refractivity contribution in [2.24, 2.45) is 5.92 Å². The predicted molar refractivity (Wildman–Crippen MR) is 79.9 cm³/mol. The molecule has 2 nitrogen and oxygen atoms in total. The highest BCUT2D eigenvalue weighted by atomic mass is 19.1. The number of para-hydroxylation sites is 1. The maximum Gasteiger partial charge on any atom is 0.146 e. The number of hydrogen-bond donors (Lipinski definition) is 2. The van der Waals surface area contributed by atoms with Crippen LogP contribution < -0.4 is 10.6 Å². The molecule has 2 aromatic rings. The van der Waals surface area contributed by atoms with Gasteiger partial charge in [-0.15, -0.1) is 0 Å². The van der Waals surface area contributed by atoms with Crippen LogP contribution in [0.1, 0.15) is 24.6 Å². The third-order valence-corrected chi connectivity index (χ3v) is 3.61. The number of hydrogen-bond acceptors (Lipinski definition) is 2. The molecule has 0 amide bonds. The van der Waals surface area contributed by atoms with Gasteiger partial charge in [-0.1, -0.05) is 42.5 Å². The van der Waals surface area contributed by atoms with Gasteiger partial charge in [0.25, 0.3) is 0 Å². The van der Waals surface area contributed by atoms with Gasteiger partial charge in [0, 0.05) is 6.54 Å². The van der Waals surface area contributed by atoms with Crippen LogP contribution in [0.4, 0.5) is 10.1 Å². The van der Waals surface area contributed by atoms with E-state index in [1.54, 1.807) is 12.1 Å². The quantitative estimate of drug-likeness (QED) is 0.777. The molecule has 2 N–H and O–H groups in total. The molecule has 0 aliphatic heterocycles. The summed E-state index contributed by atoms with van der Waals surface area (Å²) in [4.78, 5) is 0. The van der Waals surface area contributed by atoms with Crippen LogP contribution in [0, 0.1) is 11.7 Å². The topological polar surface area (TPSA) is 24.1 Å². The van der Waals surface area contributed by atoms with Crippen LogP contribution in [0.5, 0.6) is 0 Å². The summed E-state index contributed by atoms with van der Waals surface area (Å²) in [5, 5.41) is 6.76. The smallest absolute Gasteiger partial charge is 0.146 e. The maximum absolute atomic E-state index is 13.8. The Bertz CT molecular complexity index is 552. The SMILES string of the molecule is Fc1ccccc1NC(NCC1CC1)c1ccccc1. The first kappa shape index (κ1) is 13.1. The molecule has 1 atom stereocenters. The Balaban J connectivity index is 1.76. The van der Waals surface area contributed by atoms with Crippen LogP contribution in [0.15, 0.2) is 54.6 Å². The van der Waals surface area contributed by atoms with E-state index in [1.165, 1.54) is 18.9 Å². The Hall–Kier alpha value is -1.87. The highest BCUT2D eigenvalue weighted by Crippen LogP contribution is 2.29. The van der Waals surface area contributed by atoms with Crippen molar-refractivity contribution in [3.63, 3.8) is 0 Å². The number of benzene rings is 2. The number of nitrogens with one attached hydrogen (secondary N) is 2. The molecule has 0 spiro atoms. The molecule has 1 saturated carbocycles. The van der Waals surface area contributed by atoms with Crippen LogP contribution in [-0.4, -0.2) is 6.54 Å². The Morgan fingerprint density at radius 1 is 1.00 bits per heavy atom. The third-order valence-electron chi connectivity index (χ3n) is 3.61. The molecular weight excluding hydrogens is 251 g/mol. The predicted octanol–water partition coefficient (Wildman–Crippen LogP) is 3.94. The van der Waals surface area contributed by atoms with Gasteiger partial charge < -0.3 is 5.32 Å². The fourth-order valence-electron chi connectivity index (χ4n) is 2.24. The zero-order chi connectivity index (χ0) is 13.8. The van der Waals surface area contributed by atoms with Crippen molar-refractivity contribution in [1.29, 1.82) is 0 Å². The number of halogens is 1. The standard InChI is InChI=1S/C17H19FN2/c18-15-8-4-5-9-16(15)20-17(19-12-13-10-11-13)14-6-2-1-3-7-14/h1-9,13,17,19-20H,10-12H2. The summed E-state index contributed by atoms with van der Waals surface area (Å²) in [6.07, 6.45) is 2.54. The molecule has 1 aliphatic rings. The van der Waals surface area contributed by atoms with Crippen molar-refractivity contribution in [1.82, 2.24) is 5.32 Å². The Morgan fingerprint density at radius 3 is 2.40 bits per heavy atom. The molecule has 0 heterocycles. The van der Waals surface area contributed by atoms with Crippen molar-refractivity contribution in [3.05, 3.63) is 66.0 Å². The molecule has 2 aromatic carbocycles. The summed E-state index contributed by atoms with van der Waals surface area (Å²) in [6, 6.07) is 16.9. The molecule has 104 valence electrons. The second kappa shape index (κ2) is 6.06. The lowest BCUT2D eigenvalue weighted by Gasteiger charge is -2.22. The van der Waals surface area contributed by atoms with E-state index in [-0.39, 0.29) is 12.0 Å². The second-order valence-electron chi connectivity index (χ2n) is 5.32. The van der Waals surface area contributed by atoms with Crippen molar-refractivity contribution >= 4 is 5.69 Å². The lowest BCUT2D eigenvalue weighted by atomic mass is 10.1. The lowest BCUT2D eigenvalue weighted by Crippen LogP contribution is -2.30. The van der Waals surface area contributed by atoms with Gasteiger partial charge in [-0.25, -0.2) is 4.39 Å². The molecule has 0 radical (unpaired) electrons. The minimum Gasteiger partial charge on any atom is -0.364 e. The van der Waals surface area contributed by atoms with E-state index in [1.807, 2.05) is 24.3 Å². The van der Waals surface area contributed by atoms with Crippen molar-refractivity contribution in [2.45, 2.75) is 19.0 Å². The molecule has 1 unspecified atom stereocenters. The van der Waals surface area contributed by atoms with Crippen LogP contribution in [-0.2, 0) is 0 Å². The molecule has 0 bridgehead atoms. The number of anilines is 1. The van der Waals surface area contributed by atoms with E-state index in [0.29, 0.717) is 5.69 Å². The third kappa shape index (κ3) is 3.36. The van der Waals surface area contributed by atoms with E-state index in [0.717, 1.165) is 18.0 Å². The van der Waals surface area contributed by atoms with Gasteiger partial charge in [0.1, 0.15) is 12.0 Å². The van der Waals surface area contributed by atoms with E-state index in [2.05, 4.69) is 22.8 Å². The zero-order valence-corrected chi connectivity index (χ0v) is 11.4. The monoisotopic (exact) mass is 270 g/mol. The van der Waals surface area contributed by atoms with Gasteiger partial charge in [-0.3, -0.25) is 5.32 Å². The summed E-state index contributed by atoms with van der Waals surface area (Å²) >= 11 is 0. The molecule has 20 heavy (non-hydrogen) atoms. The van der Waals surface area contributed by atoms with E-state index in [9.17, 15) is 4.39 Å². The summed E-state index contributed by atoms with van der Waals surface area (Å²) in [5.74, 6) is 0.560. The average molecular weight is 270 g/mol. The minimum atomic E-state index is -0.221. The van der Waals surface area contributed by atoms with Crippen LogP contribution in [0.3, 0.4) is 0 Å². The van der Waals surface area contributed by atoms with Crippen molar-refractivity contribution in [2.75, 3.05) is 11.9 Å². The number of rotatable bonds is 6. The van der Waals surface area contributed by atoms with Crippen LogP contribution >= 0.6 is 0 Å². The van der Waals surface area contributed by atoms with Crippen LogP contribution in [0.25, 0.3) is 0 Å². The normalized spacial score (nSPS) is 15.8. The largest absolute Gasteiger partial charge is 0.364 e. The zero-order valence-electron chi connectivity index (χ0n) is 11.4. The maximum atomic E-state index is 13.8. The summed E-state index contributed by atoms with van der Waals surface area (Å²) in [6.45, 7) is 0.973. The van der Waals surface area contributed by atoms with Gasteiger partial charge >= 0.3 is 0 Å². The van der Waals surface area contributed by atoms with Crippen molar-refractivity contribution < 1.29 is 4.39 Å². The molecular formula is C17H19FN2. The van der Waals surface area contributed by atoms with E-state index < -0.39 is 0 Å². The molecule has 0 saturated heterocycles. The Kier molecular flexibility index (Phi) is 3.97. The fraction of sp³-hybridized carbons (Fsp3) is 0.294. The summed E-state index contributed by atoms with van der Waals surface area (Å²) in [7, 11) is 0. The highest BCUT2D eigenvalue weighted by Gasteiger charge is 2.22. The average Bonchev–Trinajstić information content (AvgIpc) is 3.30. The first-order valence-corrected chi connectivity index (χ1v) is 7.12.